The molecule has 0 spiro atoms. The average Bonchev–Trinajstić information content (AvgIpc) is 3.15. The lowest BCUT2D eigenvalue weighted by Gasteiger charge is -2.42. The maximum atomic E-state index is 6.11. The van der Waals surface area contributed by atoms with Crippen molar-refractivity contribution in [2.45, 2.75) is 70.9 Å². The highest BCUT2D eigenvalue weighted by molar-refractivity contribution is 4.98. The van der Waals surface area contributed by atoms with Gasteiger partial charge in [-0.25, -0.2) is 0 Å². The van der Waals surface area contributed by atoms with Crippen molar-refractivity contribution in [1.29, 1.82) is 0 Å². The largest absolute Gasteiger partial charge is 0.329 e. The van der Waals surface area contributed by atoms with Gasteiger partial charge in [0.1, 0.15) is 0 Å². The van der Waals surface area contributed by atoms with Gasteiger partial charge in [0.15, 0.2) is 0 Å². The van der Waals surface area contributed by atoms with Crippen LogP contribution in [-0.4, -0.2) is 29.6 Å². The van der Waals surface area contributed by atoms with Crippen LogP contribution in [0.1, 0.15) is 59.3 Å². The van der Waals surface area contributed by atoms with Gasteiger partial charge in [0, 0.05) is 24.7 Å². The molecule has 2 heteroatoms. The first-order chi connectivity index (χ1) is 8.05. The normalized spacial score (nSPS) is 24.4. The van der Waals surface area contributed by atoms with E-state index < -0.39 is 0 Å². The van der Waals surface area contributed by atoms with Crippen LogP contribution in [0.15, 0.2) is 0 Å². The van der Waals surface area contributed by atoms with Crippen molar-refractivity contribution in [2.24, 2.45) is 17.6 Å². The van der Waals surface area contributed by atoms with Gasteiger partial charge >= 0.3 is 0 Å². The van der Waals surface area contributed by atoms with Crippen molar-refractivity contribution in [1.82, 2.24) is 4.90 Å². The van der Waals surface area contributed by atoms with Crippen molar-refractivity contribution < 1.29 is 0 Å². The summed E-state index contributed by atoms with van der Waals surface area (Å²) in [6, 6.07) is 0.858. The Balaban J connectivity index is 1.95. The van der Waals surface area contributed by atoms with Gasteiger partial charge in [0.05, 0.1) is 0 Å². The van der Waals surface area contributed by atoms with E-state index >= 15 is 0 Å². The third-order valence-corrected chi connectivity index (χ3v) is 4.53. The fourth-order valence-corrected chi connectivity index (χ4v) is 2.74. The summed E-state index contributed by atoms with van der Waals surface area (Å²) in [5.41, 5.74) is 6.37. The molecular formula is C15H30N2. The van der Waals surface area contributed by atoms with E-state index in [1.54, 1.807) is 0 Å². The van der Waals surface area contributed by atoms with Crippen LogP contribution < -0.4 is 5.73 Å². The minimum Gasteiger partial charge on any atom is -0.329 e. The van der Waals surface area contributed by atoms with Crippen molar-refractivity contribution in [2.75, 3.05) is 13.1 Å². The number of nitrogens with two attached hydrogens (primary N) is 1. The van der Waals surface area contributed by atoms with Crippen LogP contribution in [0, 0.1) is 11.8 Å². The maximum absolute atomic E-state index is 6.11. The number of hydrogen-bond acceptors (Lipinski definition) is 2. The second-order valence-electron chi connectivity index (χ2n) is 6.96. The van der Waals surface area contributed by atoms with Crippen molar-refractivity contribution >= 4 is 0 Å². The maximum Gasteiger partial charge on any atom is 0.0306 e. The molecule has 2 aliphatic rings. The molecule has 100 valence electrons. The molecule has 0 radical (unpaired) electrons. The number of hydrogen-bond donors (Lipinski definition) is 1. The molecule has 2 fully saturated rings. The number of nitrogens with zero attached hydrogens (tertiary/aromatic N) is 1. The van der Waals surface area contributed by atoms with Crippen LogP contribution in [0.2, 0.25) is 0 Å². The molecule has 0 heterocycles. The molecule has 2 aliphatic carbocycles. The zero-order valence-electron chi connectivity index (χ0n) is 11.9. The summed E-state index contributed by atoms with van der Waals surface area (Å²) in [7, 11) is 0. The molecule has 1 unspecified atom stereocenters. The van der Waals surface area contributed by atoms with Crippen LogP contribution >= 0.6 is 0 Å². The molecule has 0 bridgehead atoms. The van der Waals surface area contributed by atoms with Crippen LogP contribution in [0.4, 0.5) is 0 Å². The Kier molecular flexibility index (Phi) is 4.14. The van der Waals surface area contributed by atoms with E-state index in [4.69, 9.17) is 5.73 Å². The topological polar surface area (TPSA) is 29.3 Å². The molecule has 0 aromatic rings. The van der Waals surface area contributed by atoms with Gasteiger partial charge in [-0.05, 0) is 57.3 Å². The highest BCUT2D eigenvalue weighted by Gasteiger charge is 2.42. The fraction of sp³-hybridized carbons (Fsp3) is 1.00. The van der Waals surface area contributed by atoms with Crippen LogP contribution in [-0.2, 0) is 0 Å². The predicted molar refractivity (Wildman–Crippen MR) is 74.0 cm³/mol. The molecule has 0 aliphatic heterocycles. The highest BCUT2D eigenvalue weighted by atomic mass is 15.3. The third kappa shape index (κ3) is 3.69. The Morgan fingerprint density at radius 2 is 1.88 bits per heavy atom. The van der Waals surface area contributed by atoms with Gasteiger partial charge in [-0.1, -0.05) is 13.8 Å². The standard InChI is InChI=1S/C15H30N2/c1-12(2)8-9-15(3,11-16)17(14-6-7-14)10-13-4-5-13/h12-14H,4-11,16H2,1-3H3. The lowest BCUT2D eigenvalue weighted by atomic mass is 9.89. The van der Waals surface area contributed by atoms with Crippen LogP contribution in [0.25, 0.3) is 0 Å². The first-order valence-corrected chi connectivity index (χ1v) is 7.52. The van der Waals surface area contributed by atoms with E-state index in [2.05, 4.69) is 25.7 Å². The molecule has 17 heavy (non-hydrogen) atoms. The summed E-state index contributed by atoms with van der Waals surface area (Å²) in [5.74, 6) is 1.78. The Morgan fingerprint density at radius 3 is 2.29 bits per heavy atom. The van der Waals surface area contributed by atoms with Gasteiger partial charge in [-0.2, -0.15) is 0 Å². The monoisotopic (exact) mass is 238 g/mol. The van der Waals surface area contributed by atoms with E-state index in [-0.39, 0.29) is 5.54 Å². The second kappa shape index (κ2) is 5.27. The summed E-state index contributed by atoms with van der Waals surface area (Å²) >= 11 is 0. The van der Waals surface area contributed by atoms with Crippen molar-refractivity contribution in [3.63, 3.8) is 0 Å². The van der Waals surface area contributed by atoms with E-state index in [9.17, 15) is 0 Å². The zero-order valence-corrected chi connectivity index (χ0v) is 11.9. The van der Waals surface area contributed by atoms with Gasteiger partial charge in [-0.3, -0.25) is 4.90 Å². The fourth-order valence-electron chi connectivity index (χ4n) is 2.74. The van der Waals surface area contributed by atoms with Crippen LogP contribution in [0.3, 0.4) is 0 Å². The lowest BCUT2D eigenvalue weighted by molar-refractivity contribution is 0.0812. The molecule has 2 rings (SSSR count). The van der Waals surface area contributed by atoms with Gasteiger partial charge < -0.3 is 5.73 Å². The second-order valence-corrected chi connectivity index (χ2v) is 6.96. The molecule has 0 saturated heterocycles. The van der Waals surface area contributed by atoms with Crippen molar-refractivity contribution in [3.05, 3.63) is 0 Å². The average molecular weight is 238 g/mol. The van der Waals surface area contributed by atoms with Crippen LogP contribution in [0.5, 0.6) is 0 Å². The minimum absolute atomic E-state index is 0.258. The number of rotatable bonds is 8. The predicted octanol–water partition coefficient (Wildman–Crippen LogP) is 3.01. The first kappa shape index (κ1) is 13.4. The molecule has 1 atom stereocenters. The molecular weight excluding hydrogens is 208 g/mol. The molecule has 0 aromatic heterocycles. The Morgan fingerprint density at radius 1 is 1.24 bits per heavy atom. The highest BCUT2D eigenvalue weighted by Crippen LogP contribution is 2.40. The van der Waals surface area contributed by atoms with E-state index in [1.165, 1.54) is 45.1 Å². The summed E-state index contributed by atoms with van der Waals surface area (Å²) in [6.45, 7) is 9.17. The smallest absolute Gasteiger partial charge is 0.0306 e. The Labute approximate surface area is 107 Å². The van der Waals surface area contributed by atoms with Gasteiger partial charge in [-0.15, -0.1) is 0 Å². The molecule has 2 N–H and O–H groups in total. The van der Waals surface area contributed by atoms with Crippen molar-refractivity contribution in [3.8, 4) is 0 Å². The molecule has 2 saturated carbocycles. The molecule has 2 nitrogen and oxygen atoms in total. The van der Waals surface area contributed by atoms with Gasteiger partial charge in [0.25, 0.3) is 0 Å². The summed E-state index contributed by atoms with van der Waals surface area (Å²) in [4.78, 5) is 2.77. The molecule has 0 aromatic carbocycles. The third-order valence-electron chi connectivity index (χ3n) is 4.53. The minimum atomic E-state index is 0.258. The van der Waals surface area contributed by atoms with E-state index in [0.29, 0.717) is 0 Å². The SMILES string of the molecule is CC(C)CCC(C)(CN)N(CC1CC1)C1CC1. The van der Waals surface area contributed by atoms with E-state index in [1.807, 2.05) is 0 Å². The van der Waals surface area contributed by atoms with Gasteiger partial charge in [0.2, 0.25) is 0 Å². The molecule has 0 amide bonds. The zero-order chi connectivity index (χ0) is 12.5. The first-order valence-electron chi connectivity index (χ1n) is 7.52. The quantitative estimate of drug-likeness (QED) is 0.704. The summed E-state index contributed by atoms with van der Waals surface area (Å²) in [6.07, 6.45) is 8.29. The van der Waals surface area contributed by atoms with E-state index in [0.717, 1.165) is 24.4 Å². The lowest BCUT2D eigenvalue weighted by Crippen LogP contribution is -2.53. The summed E-state index contributed by atoms with van der Waals surface area (Å²) in [5, 5.41) is 0. The Hall–Kier alpha value is -0.0800. The summed E-state index contributed by atoms with van der Waals surface area (Å²) < 4.78 is 0. The Bertz CT molecular complexity index is 243.